The molecule has 0 spiro atoms. The van der Waals surface area contributed by atoms with E-state index in [-0.39, 0.29) is 25.3 Å². The molecule has 306 valence electrons. The van der Waals surface area contributed by atoms with Crippen LogP contribution in [0.1, 0.15) is 117 Å². The molecule has 1 aromatic carbocycles. The van der Waals surface area contributed by atoms with E-state index in [4.69, 9.17) is 19.2 Å². The van der Waals surface area contributed by atoms with Crippen molar-refractivity contribution in [3.8, 4) is 11.5 Å². The van der Waals surface area contributed by atoms with Crippen molar-refractivity contribution in [1.29, 1.82) is 0 Å². The van der Waals surface area contributed by atoms with Crippen LogP contribution in [0.15, 0.2) is 30.4 Å². The fourth-order valence-electron chi connectivity index (χ4n) is 7.59. The predicted octanol–water partition coefficient (Wildman–Crippen LogP) is 5.31. The number of ether oxygens (including phenoxy) is 3. The van der Waals surface area contributed by atoms with Crippen LogP contribution in [0.5, 0.6) is 11.5 Å². The summed E-state index contributed by atoms with van der Waals surface area (Å²) in [6.07, 6.45) is 6.77. The van der Waals surface area contributed by atoms with Crippen LogP contribution < -0.4 is 24.8 Å². The molecule has 2 saturated carbocycles. The predicted molar refractivity (Wildman–Crippen MR) is 211 cm³/mol. The molecule has 4 amide bonds. The van der Waals surface area contributed by atoms with E-state index in [1.54, 1.807) is 34.8 Å². The number of fused-ring (bicyclic) bond motifs is 3. The average molecular weight is 796 g/mol. The minimum atomic E-state index is -3.99. The molecule has 6 rings (SSSR count). The third-order valence-electron chi connectivity index (χ3n) is 11.4. The highest BCUT2D eigenvalue weighted by Crippen LogP contribution is 2.47. The Labute approximate surface area is 329 Å². The smallest absolute Gasteiger partial charge is 0.408 e. The van der Waals surface area contributed by atoms with Crippen LogP contribution >= 0.6 is 0 Å². The van der Waals surface area contributed by atoms with Gasteiger partial charge in [-0.1, -0.05) is 38.8 Å². The van der Waals surface area contributed by atoms with E-state index in [0.29, 0.717) is 49.1 Å². The summed E-state index contributed by atoms with van der Waals surface area (Å²) < 4.78 is 45.4. The zero-order valence-corrected chi connectivity index (χ0v) is 34.6. The monoisotopic (exact) mass is 795 g/mol. The van der Waals surface area contributed by atoms with E-state index >= 15 is 0 Å². The molecule has 1 saturated heterocycles. The number of pyridine rings is 1. The summed E-state index contributed by atoms with van der Waals surface area (Å²) in [5.74, 6) is -1.03. The van der Waals surface area contributed by atoms with E-state index in [9.17, 15) is 27.6 Å². The number of aryl methyl sites for hydroxylation is 1. The third kappa shape index (κ3) is 8.62. The second kappa shape index (κ2) is 15.5. The Morgan fingerprint density at radius 2 is 1.82 bits per heavy atom. The van der Waals surface area contributed by atoms with Crippen molar-refractivity contribution >= 4 is 44.7 Å². The van der Waals surface area contributed by atoms with E-state index in [2.05, 4.69) is 15.4 Å². The van der Waals surface area contributed by atoms with Crippen molar-refractivity contribution in [2.75, 3.05) is 13.7 Å². The molecule has 2 aromatic rings. The zero-order chi connectivity index (χ0) is 40.8. The van der Waals surface area contributed by atoms with Gasteiger partial charge in [-0.05, 0) is 91.2 Å². The van der Waals surface area contributed by atoms with Crippen LogP contribution in [0.3, 0.4) is 0 Å². The Hall–Kier alpha value is -4.40. The lowest BCUT2D eigenvalue weighted by Crippen LogP contribution is -2.58. The summed E-state index contributed by atoms with van der Waals surface area (Å²) in [4.78, 5) is 62.5. The van der Waals surface area contributed by atoms with Gasteiger partial charge < -0.3 is 29.7 Å². The largest absolute Gasteiger partial charge is 0.496 e. The van der Waals surface area contributed by atoms with Gasteiger partial charge in [0.15, 0.2) is 0 Å². The molecule has 56 heavy (non-hydrogen) atoms. The van der Waals surface area contributed by atoms with Gasteiger partial charge in [0.05, 0.1) is 23.9 Å². The first-order valence-corrected chi connectivity index (χ1v) is 21.3. The molecule has 2 aliphatic carbocycles. The summed E-state index contributed by atoms with van der Waals surface area (Å²) in [6, 6.07) is 3.50. The van der Waals surface area contributed by atoms with Crippen LogP contribution in [-0.2, 0) is 29.1 Å². The van der Waals surface area contributed by atoms with E-state index in [1.807, 2.05) is 51.1 Å². The highest BCUT2D eigenvalue weighted by molar-refractivity contribution is 7.91. The Morgan fingerprint density at radius 1 is 1.09 bits per heavy atom. The van der Waals surface area contributed by atoms with Crippen molar-refractivity contribution in [1.82, 2.24) is 25.2 Å². The van der Waals surface area contributed by atoms with Gasteiger partial charge in [0.25, 0.3) is 5.91 Å². The lowest BCUT2D eigenvalue weighted by atomic mass is 10.0. The number of methoxy groups -OCH3 is 1. The highest BCUT2D eigenvalue weighted by atomic mass is 32.2. The van der Waals surface area contributed by atoms with E-state index in [0.717, 1.165) is 29.5 Å². The van der Waals surface area contributed by atoms with E-state index in [1.165, 1.54) is 4.90 Å². The minimum absolute atomic E-state index is 0.00858. The maximum absolute atomic E-state index is 14.6. The van der Waals surface area contributed by atoms with Crippen LogP contribution in [0.4, 0.5) is 4.79 Å². The van der Waals surface area contributed by atoms with Gasteiger partial charge in [0.2, 0.25) is 21.8 Å². The molecule has 0 unspecified atom stereocenters. The van der Waals surface area contributed by atoms with Crippen molar-refractivity contribution in [2.45, 2.75) is 146 Å². The average Bonchev–Trinajstić information content (AvgIpc) is 3.99. The Bertz CT molecular complexity index is 2020. The van der Waals surface area contributed by atoms with Gasteiger partial charge >= 0.3 is 6.09 Å². The second-order valence-corrected chi connectivity index (χ2v) is 19.6. The standard InChI is InChI=1S/C41H57N5O9S/c1-24(2)30-21-33(28-16-17-32(53-8)25(3)34(28)42-30)54-27-20-31-35(47)44-41(37(49)45-56(51,52)40(7)18-19-40)22-26(41)14-12-10-9-11-13-15-29(36(48)46(31)23-27)43-38(50)55-39(4,5)6/h12,14,16-17,21,24,26-27,29,31H,9-11,13,15,18-20,22-23H2,1-8H3,(H,43,50)(H,44,47)(H,45,49)/t26-,27-,29+,31+,41-/m1/s1. The fourth-order valence-corrected chi connectivity index (χ4v) is 8.90. The Balaban J connectivity index is 1.35. The quantitative estimate of drug-likeness (QED) is 0.296. The molecule has 15 heteroatoms. The van der Waals surface area contributed by atoms with Gasteiger partial charge in [0, 0.05) is 35.0 Å². The number of carbonyl (C=O) groups excluding carboxylic acids is 4. The summed E-state index contributed by atoms with van der Waals surface area (Å²) in [7, 11) is -2.39. The summed E-state index contributed by atoms with van der Waals surface area (Å²) in [5, 5.41) is 6.43. The maximum Gasteiger partial charge on any atom is 0.408 e. The number of sulfonamides is 1. The van der Waals surface area contributed by atoms with Crippen LogP contribution in [0.2, 0.25) is 0 Å². The minimum Gasteiger partial charge on any atom is -0.496 e. The lowest BCUT2D eigenvalue weighted by Gasteiger charge is -2.30. The molecular formula is C41H57N5O9S. The first-order chi connectivity index (χ1) is 26.3. The summed E-state index contributed by atoms with van der Waals surface area (Å²) >= 11 is 0. The number of allylic oxidation sites excluding steroid dienone is 1. The number of hydrogen-bond acceptors (Lipinski definition) is 10. The first-order valence-electron chi connectivity index (χ1n) is 19.8. The molecule has 5 atom stereocenters. The number of nitrogens with one attached hydrogen (secondary N) is 3. The van der Waals surface area contributed by atoms with E-state index < -0.39 is 73.8 Å². The van der Waals surface area contributed by atoms with Crippen molar-refractivity contribution in [3.63, 3.8) is 0 Å². The Morgan fingerprint density at radius 3 is 2.48 bits per heavy atom. The number of aromatic nitrogens is 1. The number of nitrogens with zero attached hydrogens (tertiary/aromatic N) is 2. The van der Waals surface area contributed by atoms with Gasteiger partial charge in [-0.15, -0.1) is 0 Å². The normalized spacial score (nSPS) is 26.6. The number of alkyl carbamates (subject to hydrolysis) is 1. The molecule has 14 nitrogen and oxygen atoms in total. The molecule has 4 aliphatic rings. The van der Waals surface area contributed by atoms with Crippen molar-refractivity contribution in [2.24, 2.45) is 5.92 Å². The van der Waals surface area contributed by atoms with Gasteiger partial charge in [-0.3, -0.25) is 24.1 Å². The number of hydrogen-bond donors (Lipinski definition) is 3. The SMILES string of the molecule is COc1ccc2c(O[C@@H]3C[C@H]4C(=O)N[C@]5(C(=O)NS(=O)(=O)C6(C)CC6)C[C@H]5C=CCCCCC[C@H](NC(=O)OC(C)(C)C)C(=O)N4C3)cc(C(C)C)nc2c1C. The topological polar surface area (TPSA) is 182 Å². The summed E-state index contributed by atoms with van der Waals surface area (Å²) in [6.45, 7) is 12.8. The summed E-state index contributed by atoms with van der Waals surface area (Å²) in [5.41, 5.74) is 0.0283. The molecular weight excluding hydrogens is 739 g/mol. The molecule has 0 radical (unpaired) electrons. The van der Waals surface area contributed by atoms with Crippen LogP contribution in [0, 0.1) is 12.8 Å². The molecule has 3 heterocycles. The number of carbonyl (C=O) groups is 4. The molecule has 3 N–H and O–H groups in total. The van der Waals surface area contributed by atoms with Crippen molar-refractivity contribution < 1.29 is 41.8 Å². The molecule has 3 fully saturated rings. The first kappa shape index (κ1) is 41.2. The second-order valence-electron chi connectivity index (χ2n) is 17.4. The highest BCUT2D eigenvalue weighted by Gasteiger charge is 2.63. The third-order valence-corrected chi connectivity index (χ3v) is 13.6. The fraction of sp³-hybridized carbons (Fsp3) is 0.634. The lowest BCUT2D eigenvalue weighted by molar-refractivity contribution is -0.141. The molecule has 1 aromatic heterocycles. The Kier molecular flexibility index (Phi) is 11.4. The molecule has 0 bridgehead atoms. The molecule has 2 aliphatic heterocycles. The van der Waals surface area contributed by atoms with Crippen LogP contribution in [-0.4, -0.2) is 89.8 Å². The zero-order valence-electron chi connectivity index (χ0n) is 33.8. The van der Waals surface area contributed by atoms with Crippen LogP contribution in [0.25, 0.3) is 10.9 Å². The van der Waals surface area contributed by atoms with Gasteiger partial charge in [0.1, 0.15) is 40.8 Å². The number of benzene rings is 1. The van der Waals surface area contributed by atoms with Gasteiger partial charge in [-0.2, -0.15) is 0 Å². The van der Waals surface area contributed by atoms with Crippen molar-refractivity contribution in [3.05, 3.63) is 41.6 Å². The number of amides is 4. The van der Waals surface area contributed by atoms with Gasteiger partial charge in [-0.25, -0.2) is 13.2 Å². The number of rotatable bonds is 8. The maximum atomic E-state index is 14.6.